The first-order valence-electron chi connectivity index (χ1n) is 10.8. The summed E-state index contributed by atoms with van der Waals surface area (Å²) in [7, 11) is 0. The fourth-order valence-electron chi connectivity index (χ4n) is 3.08. The van der Waals surface area contributed by atoms with E-state index < -0.39 is 55.6 Å². The maximum atomic E-state index is 12.3. The van der Waals surface area contributed by atoms with E-state index in [1.807, 2.05) is 0 Å². The van der Waals surface area contributed by atoms with Crippen LogP contribution < -0.4 is 10.1 Å². The summed E-state index contributed by atoms with van der Waals surface area (Å²) >= 11 is 0. The summed E-state index contributed by atoms with van der Waals surface area (Å²) in [6.07, 6.45) is -1.13. The van der Waals surface area contributed by atoms with Gasteiger partial charge in [-0.1, -0.05) is 6.07 Å². The molecule has 0 aliphatic carbocycles. The molecule has 0 aliphatic heterocycles. The topological polar surface area (TPSA) is 180 Å². The summed E-state index contributed by atoms with van der Waals surface area (Å²) in [5.41, 5.74) is 0.638. The lowest BCUT2D eigenvalue weighted by atomic mass is 10.0. The predicted molar refractivity (Wildman–Crippen MR) is 121 cm³/mol. The number of hydrogen-bond acceptors (Lipinski definition) is 12. The van der Waals surface area contributed by atoms with Crippen molar-refractivity contribution in [1.29, 1.82) is 0 Å². The van der Waals surface area contributed by atoms with E-state index in [4.69, 9.17) is 14.2 Å². The summed E-state index contributed by atoms with van der Waals surface area (Å²) in [4.78, 5) is 60.0. The molecule has 0 radical (unpaired) electrons. The Labute approximate surface area is 206 Å². The Morgan fingerprint density at radius 1 is 0.944 bits per heavy atom. The van der Waals surface area contributed by atoms with Gasteiger partial charge in [0.05, 0.1) is 18.0 Å². The number of nitrogens with one attached hydrogen (secondary N) is 2. The largest absolute Gasteiger partial charge is 0.428 e. The SMILES string of the molecule is CC(=O)OCOC(=O)CC(C)NCC(O)c1ccc(OC(C)=O)c2[nH]c(C(=O)OCOC(C)=O)cc12. The van der Waals surface area contributed by atoms with Gasteiger partial charge in [-0.3, -0.25) is 19.2 Å². The summed E-state index contributed by atoms with van der Waals surface area (Å²) in [6, 6.07) is 4.01. The lowest BCUT2D eigenvalue weighted by molar-refractivity contribution is -0.166. The van der Waals surface area contributed by atoms with Crippen molar-refractivity contribution >= 4 is 40.7 Å². The van der Waals surface area contributed by atoms with E-state index in [0.717, 1.165) is 6.92 Å². The zero-order valence-corrected chi connectivity index (χ0v) is 20.2. The fourth-order valence-corrected chi connectivity index (χ4v) is 3.08. The number of aromatic nitrogens is 1. The molecular formula is C23H28N2O11. The molecule has 2 unspecified atom stereocenters. The normalized spacial score (nSPS) is 12.4. The van der Waals surface area contributed by atoms with Crippen molar-refractivity contribution in [3.8, 4) is 5.75 Å². The van der Waals surface area contributed by atoms with Gasteiger partial charge in [0.2, 0.25) is 13.6 Å². The van der Waals surface area contributed by atoms with Crippen LogP contribution in [0.25, 0.3) is 10.9 Å². The first kappa shape index (κ1) is 28.3. The molecule has 0 aliphatic rings. The zero-order valence-electron chi connectivity index (χ0n) is 20.2. The lowest BCUT2D eigenvalue weighted by Gasteiger charge is -2.18. The Hall–Kier alpha value is -3.97. The minimum absolute atomic E-state index is 0.0256. The van der Waals surface area contributed by atoms with Crippen LogP contribution in [0.4, 0.5) is 0 Å². The minimum atomic E-state index is -1.08. The molecule has 0 spiro atoms. The van der Waals surface area contributed by atoms with Crippen molar-refractivity contribution in [3.63, 3.8) is 0 Å². The number of aliphatic hydroxyl groups is 1. The van der Waals surface area contributed by atoms with Crippen LogP contribution >= 0.6 is 0 Å². The molecule has 2 aromatic rings. The Balaban J connectivity index is 2.13. The van der Waals surface area contributed by atoms with Crippen LogP contribution in [-0.4, -0.2) is 66.1 Å². The highest BCUT2D eigenvalue weighted by Gasteiger charge is 2.21. The first-order valence-corrected chi connectivity index (χ1v) is 10.8. The number of rotatable bonds is 12. The van der Waals surface area contributed by atoms with E-state index in [2.05, 4.69) is 19.8 Å². The van der Waals surface area contributed by atoms with Gasteiger partial charge in [0.1, 0.15) is 5.69 Å². The molecule has 0 saturated carbocycles. The van der Waals surface area contributed by atoms with E-state index in [1.165, 1.54) is 32.0 Å². The minimum Gasteiger partial charge on any atom is -0.428 e. The van der Waals surface area contributed by atoms with Gasteiger partial charge in [0, 0.05) is 38.7 Å². The molecular weight excluding hydrogens is 480 g/mol. The number of ether oxygens (including phenoxy) is 5. The molecule has 1 heterocycles. The number of carbonyl (C=O) groups excluding carboxylic acids is 5. The van der Waals surface area contributed by atoms with Gasteiger partial charge in [-0.2, -0.15) is 0 Å². The molecule has 1 aromatic heterocycles. The number of carbonyl (C=O) groups is 5. The van der Waals surface area contributed by atoms with Gasteiger partial charge in [-0.15, -0.1) is 0 Å². The number of aliphatic hydroxyl groups excluding tert-OH is 1. The molecule has 13 heteroatoms. The molecule has 0 saturated heterocycles. The molecule has 0 fully saturated rings. The van der Waals surface area contributed by atoms with Gasteiger partial charge in [-0.05, 0) is 24.6 Å². The van der Waals surface area contributed by atoms with E-state index in [-0.39, 0.29) is 29.9 Å². The first-order chi connectivity index (χ1) is 17.0. The van der Waals surface area contributed by atoms with Gasteiger partial charge in [0.25, 0.3) is 0 Å². The maximum absolute atomic E-state index is 12.3. The summed E-state index contributed by atoms with van der Waals surface area (Å²) in [5, 5.41) is 14.2. The average molecular weight is 508 g/mol. The molecule has 36 heavy (non-hydrogen) atoms. The van der Waals surface area contributed by atoms with Gasteiger partial charge < -0.3 is 39.1 Å². The number of fused-ring (bicyclic) bond motifs is 1. The van der Waals surface area contributed by atoms with Gasteiger partial charge in [0.15, 0.2) is 5.75 Å². The zero-order chi connectivity index (χ0) is 26.8. The van der Waals surface area contributed by atoms with Crippen LogP contribution in [0.2, 0.25) is 0 Å². The monoisotopic (exact) mass is 508 g/mol. The van der Waals surface area contributed by atoms with Crippen LogP contribution in [0.5, 0.6) is 5.75 Å². The highest BCUT2D eigenvalue weighted by Crippen LogP contribution is 2.32. The van der Waals surface area contributed by atoms with E-state index >= 15 is 0 Å². The molecule has 2 rings (SSSR count). The second kappa shape index (κ2) is 13.2. The molecule has 13 nitrogen and oxygen atoms in total. The third-order valence-electron chi connectivity index (χ3n) is 4.69. The Kier molecular flexibility index (Phi) is 10.4. The number of esters is 5. The standard InChI is InChI=1S/C23H28N2O11/c1-12(7-21(30)34-10-32-13(2)26)24-9-19(29)16-5-6-20(36-15(4)28)22-17(16)8-18(25-22)23(31)35-11-33-14(3)27/h5-6,8,12,19,24-25,29H,7,9-11H2,1-4H3. The highest BCUT2D eigenvalue weighted by atomic mass is 16.7. The summed E-state index contributed by atoms with van der Waals surface area (Å²) in [6.45, 7) is 4.24. The Bertz CT molecular complexity index is 1120. The van der Waals surface area contributed by atoms with Crippen LogP contribution in [0, 0.1) is 0 Å². The van der Waals surface area contributed by atoms with E-state index in [1.54, 1.807) is 6.92 Å². The van der Waals surface area contributed by atoms with Crippen molar-refractivity contribution < 1.29 is 52.8 Å². The number of hydrogen-bond donors (Lipinski definition) is 3. The third kappa shape index (κ3) is 8.67. The summed E-state index contributed by atoms with van der Waals surface area (Å²) < 4.78 is 24.0. The average Bonchev–Trinajstić information content (AvgIpc) is 3.23. The smallest absolute Gasteiger partial charge is 0.357 e. The summed E-state index contributed by atoms with van der Waals surface area (Å²) in [5.74, 6) is -3.09. The van der Waals surface area contributed by atoms with Crippen LogP contribution in [0.15, 0.2) is 18.2 Å². The molecule has 196 valence electrons. The predicted octanol–water partition coefficient (Wildman–Crippen LogP) is 1.24. The quantitative estimate of drug-likeness (QED) is 0.212. The number of H-pyrrole nitrogens is 1. The Morgan fingerprint density at radius 3 is 2.19 bits per heavy atom. The molecule has 1 aromatic carbocycles. The highest BCUT2D eigenvalue weighted by molar-refractivity contribution is 5.99. The van der Waals surface area contributed by atoms with Crippen molar-refractivity contribution in [1.82, 2.24) is 10.3 Å². The fraction of sp³-hybridized carbons (Fsp3) is 0.435. The van der Waals surface area contributed by atoms with Gasteiger partial charge >= 0.3 is 29.8 Å². The van der Waals surface area contributed by atoms with E-state index in [9.17, 15) is 29.1 Å². The number of aromatic amines is 1. The number of benzene rings is 1. The molecule has 0 amide bonds. The maximum Gasteiger partial charge on any atom is 0.357 e. The Morgan fingerprint density at radius 2 is 1.58 bits per heavy atom. The van der Waals surface area contributed by atoms with Gasteiger partial charge in [-0.25, -0.2) is 4.79 Å². The second-order valence-electron chi connectivity index (χ2n) is 7.70. The van der Waals surface area contributed by atoms with Crippen LogP contribution in [0.1, 0.15) is 56.3 Å². The lowest BCUT2D eigenvalue weighted by Crippen LogP contribution is -2.33. The van der Waals surface area contributed by atoms with E-state index in [0.29, 0.717) is 10.9 Å². The van der Waals surface area contributed by atoms with Crippen molar-refractivity contribution in [2.45, 2.75) is 46.3 Å². The second-order valence-corrected chi connectivity index (χ2v) is 7.70. The van der Waals surface area contributed by atoms with Crippen molar-refractivity contribution in [2.75, 3.05) is 20.1 Å². The van der Waals surface area contributed by atoms with Crippen molar-refractivity contribution in [2.24, 2.45) is 0 Å². The van der Waals surface area contributed by atoms with Crippen LogP contribution in [0.3, 0.4) is 0 Å². The molecule has 2 atom stereocenters. The molecule has 3 N–H and O–H groups in total. The molecule has 0 bridgehead atoms. The van der Waals surface area contributed by atoms with Crippen molar-refractivity contribution in [3.05, 3.63) is 29.5 Å². The third-order valence-corrected chi connectivity index (χ3v) is 4.69. The van der Waals surface area contributed by atoms with Crippen LogP contribution in [-0.2, 0) is 38.1 Å².